The highest BCUT2D eigenvalue weighted by Gasteiger charge is 2.31. The predicted molar refractivity (Wildman–Crippen MR) is 63.3 cm³/mol. The zero-order valence-corrected chi connectivity index (χ0v) is 10.2. The van der Waals surface area contributed by atoms with Gasteiger partial charge in [-0.1, -0.05) is 12.8 Å². The van der Waals surface area contributed by atoms with Crippen LogP contribution in [-0.2, 0) is 4.79 Å². The molecule has 0 spiro atoms. The standard InChI is InChI=1S/C11H20N2O.ClH/c1-9-5-3-2-4-8-13(9)11(14)10-6-7-12-10;/h9-10,12H,2-8H2,1H3;1H/t9?,10-;/m1./s1. The van der Waals surface area contributed by atoms with Crippen molar-refractivity contribution < 1.29 is 4.79 Å². The quantitative estimate of drug-likeness (QED) is 0.744. The molecule has 2 heterocycles. The van der Waals surface area contributed by atoms with Gasteiger partial charge in [0.15, 0.2) is 0 Å². The Morgan fingerprint density at radius 3 is 2.60 bits per heavy atom. The molecule has 2 rings (SSSR count). The molecule has 1 unspecified atom stereocenters. The number of hydrogen-bond acceptors (Lipinski definition) is 2. The van der Waals surface area contributed by atoms with E-state index in [1.54, 1.807) is 0 Å². The maximum atomic E-state index is 12.0. The molecule has 2 fully saturated rings. The maximum absolute atomic E-state index is 12.0. The van der Waals surface area contributed by atoms with Crippen LogP contribution in [0.25, 0.3) is 0 Å². The van der Waals surface area contributed by atoms with E-state index in [4.69, 9.17) is 0 Å². The van der Waals surface area contributed by atoms with E-state index >= 15 is 0 Å². The summed E-state index contributed by atoms with van der Waals surface area (Å²) < 4.78 is 0. The van der Waals surface area contributed by atoms with Gasteiger partial charge in [0.2, 0.25) is 5.91 Å². The first-order chi connectivity index (χ1) is 6.79. The molecule has 2 atom stereocenters. The topological polar surface area (TPSA) is 32.3 Å². The Bertz CT molecular complexity index is 219. The van der Waals surface area contributed by atoms with Crippen molar-refractivity contribution in [2.45, 2.75) is 51.1 Å². The zero-order valence-electron chi connectivity index (χ0n) is 9.37. The SMILES string of the molecule is CC1CCCCCN1C(=O)[C@H]1CCN1.Cl. The molecule has 0 aliphatic carbocycles. The first kappa shape index (κ1) is 12.8. The third-order valence-corrected chi connectivity index (χ3v) is 3.46. The second-order valence-corrected chi connectivity index (χ2v) is 4.53. The summed E-state index contributed by atoms with van der Waals surface area (Å²) in [5, 5.41) is 3.19. The van der Waals surface area contributed by atoms with Gasteiger partial charge in [-0.15, -0.1) is 12.4 Å². The van der Waals surface area contributed by atoms with Crippen molar-refractivity contribution in [3.63, 3.8) is 0 Å². The van der Waals surface area contributed by atoms with Gasteiger partial charge in [-0.3, -0.25) is 4.79 Å². The van der Waals surface area contributed by atoms with Crippen LogP contribution in [0.1, 0.15) is 39.0 Å². The normalized spacial score (nSPS) is 31.1. The van der Waals surface area contributed by atoms with Gasteiger partial charge < -0.3 is 10.2 Å². The zero-order chi connectivity index (χ0) is 9.97. The molecule has 1 N–H and O–H groups in total. The molecule has 0 bridgehead atoms. The summed E-state index contributed by atoms with van der Waals surface area (Å²) in [5.41, 5.74) is 0. The third kappa shape index (κ3) is 2.85. The highest BCUT2D eigenvalue weighted by atomic mass is 35.5. The molecular weight excluding hydrogens is 212 g/mol. The number of carbonyl (C=O) groups excluding carboxylic acids is 1. The Morgan fingerprint density at radius 2 is 2.00 bits per heavy atom. The van der Waals surface area contributed by atoms with E-state index in [1.807, 2.05) is 0 Å². The molecule has 0 aromatic rings. The highest BCUT2D eigenvalue weighted by molar-refractivity contribution is 5.85. The van der Waals surface area contributed by atoms with E-state index < -0.39 is 0 Å². The molecule has 2 aliphatic heterocycles. The number of halogens is 1. The van der Waals surface area contributed by atoms with Crippen molar-refractivity contribution in [1.82, 2.24) is 10.2 Å². The minimum absolute atomic E-state index is 0. The number of amides is 1. The number of hydrogen-bond donors (Lipinski definition) is 1. The molecule has 0 aromatic carbocycles. The molecule has 88 valence electrons. The van der Waals surface area contributed by atoms with Gasteiger partial charge in [0.05, 0.1) is 6.04 Å². The first-order valence-electron chi connectivity index (χ1n) is 5.83. The second kappa shape index (κ2) is 5.71. The van der Waals surface area contributed by atoms with E-state index in [0.29, 0.717) is 11.9 Å². The fraction of sp³-hybridized carbons (Fsp3) is 0.909. The Labute approximate surface area is 98.0 Å². The summed E-state index contributed by atoms with van der Waals surface area (Å²) >= 11 is 0. The number of nitrogens with zero attached hydrogens (tertiary/aromatic N) is 1. The molecule has 2 aliphatic rings. The Kier molecular flexibility index (Phi) is 4.87. The number of nitrogens with one attached hydrogen (secondary N) is 1. The average Bonchev–Trinajstić information content (AvgIpc) is 2.26. The molecule has 15 heavy (non-hydrogen) atoms. The van der Waals surface area contributed by atoms with Crippen LogP contribution in [0.2, 0.25) is 0 Å². The molecule has 3 nitrogen and oxygen atoms in total. The van der Waals surface area contributed by atoms with Crippen molar-refractivity contribution in [1.29, 1.82) is 0 Å². The van der Waals surface area contributed by atoms with E-state index in [9.17, 15) is 4.79 Å². The molecule has 0 aromatic heterocycles. The lowest BCUT2D eigenvalue weighted by molar-refractivity contribution is -0.137. The van der Waals surface area contributed by atoms with Crippen molar-refractivity contribution in [3.8, 4) is 0 Å². The van der Waals surface area contributed by atoms with Crippen molar-refractivity contribution in [2.75, 3.05) is 13.1 Å². The van der Waals surface area contributed by atoms with Gasteiger partial charge in [-0.05, 0) is 32.7 Å². The highest BCUT2D eigenvalue weighted by Crippen LogP contribution is 2.18. The maximum Gasteiger partial charge on any atom is 0.239 e. The summed E-state index contributed by atoms with van der Waals surface area (Å²) in [7, 11) is 0. The molecule has 0 radical (unpaired) electrons. The molecule has 1 amide bonds. The first-order valence-corrected chi connectivity index (χ1v) is 5.83. The van der Waals surface area contributed by atoms with Gasteiger partial charge in [0, 0.05) is 12.6 Å². The van der Waals surface area contributed by atoms with Crippen LogP contribution >= 0.6 is 12.4 Å². The monoisotopic (exact) mass is 232 g/mol. The fourth-order valence-corrected chi connectivity index (χ4v) is 2.30. The average molecular weight is 233 g/mol. The van der Waals surface area contributed by atoms with Crippen LogP contribution in [-0.4, -0.2) is 36.0 Å². The number of likely N-dealkylation sites (tertiary alicyclic amines) is 1. The number of rotatable bonds is 1. The lowest BCUT2D eigenvalue weighted by Crippen LogP contribution is -2.56. The van der Waals surface area contributed by atoms with Crippen LogP contribution in [0, 0.1) is 0 Å². The van der Waals surface area contributed by atoms with Crippen LogP contribution in [0.5, 0.6) is 0 Å². The van der Waals surface area contributed by atoms with Gasteiger partial charge >= 0.3 is 0 Å². The van der Waals surface area contributed by atoms with Crippen LogP contribution in [0.4, 0.5) is 0 Å². The lowest BCUT2D eigenvalue weighted by Gasteiger charge is -2.35. The van der Waals surface area contributed by atoms with Gasteiger partial charge in [0.1, 0.15) is 0 Å². The largest absolute Gasteiger partial charge is 0.339 e. The van der Waals surface area contributed by atoms with Crippen molar-refractivity contribution in [3.05, 3.63) is 0 Å². The minimum atomic E-state index is 0. The van der Waals surface area contributed by atoms with E-state index in [1.165, 1.54) is 25.7 Å². The van der Waals surface area contributed by atoms with Crippen LogP contribution < -0.4 is 5.32 Å². The van der Waals surface area contributed by atoms with Crippen LogP contribution in [0.3, 0.4) is 0 Å². The Morgan fingerprint density at radius 1 is 1.27 bits per heavy atom. The van der Waals surface area contributed by atoms with Gasteiger partial charge in [0.25, 0.3) is 0 Å². The summed E-state index contributed by atoms with van der Waals surface area (Å²) in [4.78, 5) is 14.1. The summed E-state index contributed by atoms with van der Waals surface area (Å²) in [6.45, 7) is 4.17. The molecule has 4 heteroatoms. The molecule has 2 saturated heterocycles. The van der Waals surface area contributed by atoms with E-state index in [-0.39, 0.29) is 18.4 Å². The summed E-state index contributed by atoms with van der Waals surface area (Å²) in [6, 6.07) is 0.586. The molecule has 0 saturated carbocycles. The number of carbonyl (C=O) groups is 1. The van der Waals surface area contributed by atoms with Crippen LogP contribution in [0.15, 0.2) is 0 Å². The van der Waals surface area contributed by atoms with E-state index in [2.05, 4.69) is 17.1 Å². The smallest absolute Gasteiger partial charge is 0.239 e. The minimum Gasteiger partial charge on any atom is -0.339 e. The second-order valence-electron chi connectivity index (χ2n) is 4.53. The lowest BCUT2D eigenvalue weighted by atomic mass is 10.0. The van der Waals surface area contributed by atoms with Crippen molar-refractivity contribution in [2.24, 2.45) is 0 Å². The fourth-order valence-electron chi connectivity index (χ4n) is 2.30. The Hall–Kier alpha value is -0.280. The van der Waals surface area contributed by atoms with E-state index in [0.717, 1.165) is 19.5 Å². The summed E-state index contributed by atoms with van der Waals surface area (Å²) in [6.07, 6.45) is 5.96. The molecular formula is C11H21ClN2O. The van der Waals surface area contributed by atoms with Gasteiger partial charge in [-0.2, -0.15) is 0 Å². The third-order valence-electron chi connectivity index (χ3n) is 3.46. The Balaban J connectivity index is 0.00000112. The summed E-state index contributed by atoms with van der Waals surface area (Å²) in [5.74, 6) is 0.339. The van der Waals surface area contributed by atoms with Gasteiger partial charge in [-0.25, -0.2) is 0 Å². The van der Waals surface area contributed by atoms with Crippen molar-refractivity contribution >= 4 is 18.3 Å². The predicted octanol–water partition coefficient (Wildman–Crippen LogP) is 1.56.